The SMILES string of the molecule is O=C1Cc2cc(-c3ccc(C(=O)N4CCNCC4)cc3)ccc2N1. The Morgan fingerprint density at radius 2 is 1.67 bits per heavy atom. The Kier molecular flexibility index (Phi) is 3.78. The maximum atomic E-state index is 12.5. The first-order chi connectivity index (χ1) is 11.7. The fourth-order valence-corrected chi connectivity index (χ4v) is 3.26. The average Bonchev–Trinajstić information content (AvgIpc) is 3.01. The molecule has 1 fully saturated rings. The highest BCUT2D eigenvalue weighted by atomic mass is 16.2. The summed E-state index contributed by atoms with van der Waals surface area (Å²) in [4.78, 5) is 25.8. The van der Waals surface area contributed by atoms with Crippen LogP contribution >= 0.6 is 0 Å². The molecule has 0 bridgehead atoms. The molecule has 0 radical (unpaired) electrons. The van der Waals surface area contributed by atoms with E-state index < -0.39 is 0 Å². The van der Waals surface area contributed by atoms with Crippen LogP contribution in [0.5, 0.6) is 0 Å². The smallest absolute Gasteiger partial charge is 0.253 e. The fraction of sp³-hybridized carbons (Fsp3) is 0.263. The zero-order chi connectivity index (χ0) is 16.5. The molecule has 2 aromatic carbocycles. The van der Waals surface area contributed by atoms with Gasteiger partial charge in [-0.15, -0.1) is 0 Å². The number of hydrogen-bond acceptors (Lipinski definition) is 3. The van der Waals surface area contributed by atoms with Crippen molar-refractivity contribution < 1.29 is 9.59 Å². The monoisotopic (exact) mass is 321 g/mol. The van der Waals surface area contributed by atoms with Gasteiger partial charge < -0.3 is 15.5 Å². The van der Waals surface area contributed by atoms with E-state index in [-0.39, 0.29) is 11.8 Å². The van der Waals surface area contributed by atoms with Gasteiger partial charge in [0.05, 0.1) is 6.42 Å². The third-order valence-electron chi connectivity index (χ3n) is 4.60. The second-order valence-corrected chi connectivity index (χ2v) is 6.22. The molecule has 2 heterocycles. The Labute approximate surface area is 140 Å². The molecule has 0 aromatic heterocycles. The molecule has 2 aromatic rings. The number of rotatable bonds is 2. The van der Waals surface area contributed by atoms with E-state index in [2.05, 4.69) is 10.6 Å². The lowest BCUT2D eigenvalue weighted by atomic mass is 10.0. The first-order valence-corrected chi connectivity index (χ1v) is 8.24. The van der Waals surface area contributed by atoms with Crippen LogP contribution in [-0.2, 0) is 11.2 Å². The van der Waals surface area contributed by atoms with Crippen molar-refractivity contribution in [1.29, 1.82) is 0 Å². The minimum Gasteiger partial charge on any atom is -0.336 e. The molecule has 2 aliphatic rings. The fourth-order valence-electron chi connectivity index (χ4n) is 3.26. The Balaban J connectivity index is 1.55. The molecule has 2 aliphatic heterocycles. The van der Waals surface area contributed by atoms with Gasteiger partial charge in [-0.05, 0) is 41.0 Å². The second kappa shape index (κ2) is 6.09. The number of benzene rings is 2. The largest absolute Gasteiger partial charge is 0.336 e. The van der Waals surface area contributed by atoms with E-state index in [0.717, 1.165) is 54.1 Å². The predicted octanol–water partition coefficient (Wildman–Crippen LogP) is 1.89. The molecule has 24 heavy (non-hydrogen) atoms. The molecule has 122 valence electrons. The molecule has 0 unspecified atom stereocenters. The van der Waals surface area contributed by atoms with Crippen molar-refractivity contribution in [2.75, 3.05) is 31.5 Å². The van der Waals surface area contributed by atoms with Gasteiger partial charge in [0.1, 0.15) is 0 Å². The zero-order valence-electron chi connectivity index (χ0n) is 13.3. The van der Waals surface area contributed by atoms with Gasteiger partial charge in [-0.2, -0.15) is 0 Å². The van der Waals surface area contributed by atoms with E-state index in [1.165, 1.54) is 0 Å². The molecule has 0 atom stereocenters. The normalized spacial score (nSPS) is 16.7. The maximum absolute atomic E-state index is 12.5. The molecular weight excluding hydrogens is 302 g/mol. The van der Waals surface area contributed by atoms with E-state index in [0.29, 0.717) is 6.42 Å². The minimum atomic E-state index is 0.0408. The predicted molar refractivity (Wildman–Crippen MR) is 93.0 cm³/mol. The van der Waals surface area contributed by atoms with Gasteiger partial charge in [0.2, 0.25) is 5.91 Å². The van der Waals surface area contributed by atoms with Crippen LogP contribution in [0.25, 0.3) is 11.1 Å². The molecule has 1 saturated heterocycles. The number of anilines is 1. The highest BCUT2D eigenvalue weighted by molar-refractivity contribution is 6.00. The van der Waals surface area contributed by atoms with Crippen LogP contribution < -0.4 is 10.6 Å². The standard InChI is InChI=1S/C19H19N3O2/c23-18-12-16-11-15(5-6-17(16)21-18)13-1-3-14(4-2-13)19(24)22-9-7-20-8-10-22/h1-6,11,20H,7-10,12H2,(H,21,23). The summed E-state index contributed by atoms with van der Waals surface area (Å²) in [5.41, 5.74) is 4.76. The first kappa shape index (κ1) is 14.9. The minimum absolute atomic E-state index is 0.0408. The van der Waals surface area contributed by atoms with Crippen LogP contribution in [0.1, 0.15) is 15.9 Å². The summed E-state index contributed by atoms with van der Waals surface area (Å²) in [5, 5.41) is 6.09. The highest BCUT2D eigenvalue weighted by Gasteiger charge is 2.19. The summed E-state index contributed by atoms with van der Waals surface area (Å²) in [6.45, 7) is 3.22. The number of amides is 2. The van der Waals surface area contributed by atoms with E-state index in [1.807, 2.05) is 47.4 Å². The Morgan fingerprint density at radius 1 is 0.958 bits per heavy atom. The second-order valence-electron chi connectivity index (χ2n) is 6.22. The zero-order valence-corrected chi connectivity index (χ0v) is 13.3. The van der Waals surface area contributed by atoms with Gasteiger partial charge in [-0.1, -0.05) is 18.2 Å². The van der Waals surface area contributed by atoms with E-state index in [4.69, 9.17) is 0 Å². The van der Waals surface area contributed by atoms with Crippen molar-refractivity contribution in [3.8, 4) is 11.1 Å². The van der Waals surface area contributed by atoms with Crippen LogP contribution in [0.3, 0.4) is 0 Å². The van der Waals surface area contributed by atoms with Crippen LogP contribution in [0, 0.1) is 0 Å². The molecule has 2 amide bonds. The number of carbonyl (C=O) groups excluding carboxylic acids is 2. The van der Waals surface area contributed by atoms with Crippen molar-refractivity contribution in [2.45, 2.75) is 6.42 Å². The molecule has 0 spiro atoms. The van der Waals surface area contributed by atoms with E-state index in [9.17, 15) is 9.59 Å². The summed E-state index contributed by atoms with van der Waals surface area (Å²) >= 11 is 0. The van der Waals surface area contributed by atoms with Crippen LogP contribution in [0.15, 0.2) is 42.5 Å². The molecule has 5 nitrogen and oxygen atoms in total. The van der Waals surface area contributed by atoms with Gasteiger partial charge in [-0.3, -0.25) is 9.59 Å². The van der Waals surface area contributed by atoms with Crippen molar-refractivity contribution in [3.63, 3.8) is 0 Å². The van der Waals surface area contributed by atoms with Crippen molar-refractivity contribution in [1.82, 2.24) is 10.2 Å². The number of hydrogen-bond donors (Lipinski definition) is 2. The first-order valence-electron chi connectivity index (χ1n) is 8.24. The number of fused-ring (bicyclic) bond motifs is 1. The van der Waals surface area contributed by atoms with Gasteiger partial charge in [0, 0.05) is 37.4 Å². The molecule has 0 aliphatic carbocycles. The topological polar surface area (TPSA) is 61.4 Å². The molecular formula is C19H19N3O2. The maximum Gasteiger partial charge on any atom is 0.253 e. The van der Waals surface area contributed by atoms with Gasteiger partial charge in [0.25, 0.3) is 5.91 Å². The van der Waals surface area contributed by atoms with Gasteiger partial charge in [0.15, 0.2) is 0 Å². The van der Waals surface area contributed by atoms with E-state index >= 15 is 0 Å². The third-order valence-corrected chi connectivity index (χ3v) is 4.60. The van der Waals surface area contributed by atoms with Crippen molar-refractivity contribution in [2.24, 2.45) is 0 Å². The van der Waals surface area contributed by atoms with Gasteiger partial charge >= 0.3 is 0 Å². The lowest BCUT2D eigenvalue weighted by Gasteiger charge is -2.27. The Bertz CT molecular complexity index is 793. The highest BCUT2D eigenvalue weighted by Crippen LogP contribution is 2.29. The molecule has 4 rings (SSSR count). The summed E-state index contributed by atoms with van der Waals surface area (Å²) in [7, 11) is 0. The summed E-state index contributed by atoms with van der Waals surface area (Å²) < 4.78 is 0. The summed E-state index contributed by atoms with van der Waals surface area (Å²) in [6, 6.07) is 13.7. The third kappa shape index (κ3) is 2.78. The van der Waals surface area contributed by atoms with Crippen LogP contribution in [0.4, 0.5) is 5.69 Å². The number of nitrogens with zero attached hydrogens (tertiary/aromatic N) is 1. The van der Waals surface area contributed by atoms with E-state index in [1.54, 1.807) is 0 Å². The number of carbonyl (C=O) groups is 2. The van der Waals surface area contributed by atoms with Crippen molar-refractivity contribution in [3.05, 3.63) is 53.6 Å². The lowest BCUT2D eigenvalue weighted by molar-refractivity contribution is -0.115. The van der Waals surface area contributed by atoms with Crippen LogP contribution in [0.2, 0.25) is 0 Å². The Morgan fingerprint density at radius 3 is 2.42 bits per heavy atom. The van der Waals surface area contributed by atoms with Crippen LogP contribution in [-0.4, -0.2) is 42.9 Å². The Hall–Kier alpha value is -2.66. The number of piperazine rings is 1. The quantitative estimate of drug-likeness (QED) is 0.888. The van der Waals surface area contributed by atoms with Gasteiger partial charge in [-0.25, -0.2) is 0 Å². The average molecular weight is 321 g/mol. The lowest BCUT2D eigenvalue weighted by Crippen LogP contribution is -2.46. The molecule has 0 saturated carbocycles. The molecule has 2 N–H and O–H groups in total. The number of nitrogens with one attached hydrogen (secondary N) is 2. The van der Waals surface area contributed by atoms with Crippen molar-refractivity contribution >= 4 is 17.5 Å². The molecule has 5 heteroatoms. The summed E-state index contributed by atoms with van der Waals surface area (Å²) in [6.07, 6.45) is 0.433. The summed E-state index contributed by atoms with van der Waals surface area (Å²) in [5.74, 6) is 0.130.